The average Bonchev–Trinajstić information content (AvgIpc) is 2.46. The first-order chi connectivity index (χ1) is 9.61. The molecule has 1 aromatic rings. The van der Waals surface area contributed by atoms with Gasteiger partial charge in [-0.25, -0.2) is 0 Å². The summed E-state index contributed by atoms with van der Waals surface area (Å²) in [6.45, 7) is 2.77. The van der Waals surface area contributed by atoms with Crippen LogP contribution >= 0.6 is 0 Å². The summed E-state index contributed by atoms with van der Waals surface area (Å²) in [4.78, 5) is 14.2. The molecule has 1 aliphatic heterocycles. The Hall–Kier alpha value is -1.64. The number of benzene rings is 1. The molecule has 1 amide bonds. The van der Waals surface area contributed by atoms with Crippen molar-refractivity contribution in [2.75, 3.05) is 31.2 Å². The van der Waals surface area contributed by atoms with Crippen molar-refractivity contribution in [1.82, 2.24) is 4.90 Å². The average molecular weight is 291 g/mol. The SMILES string of the molecule is Cc1ccc(C#CCO)cc1C(=O)N1CCS(=O)CC1. The number of hydrogen-bond acceptors (Lipinski definition) is 3. The van der Waals surface area contributed by atoms with E-state index in [1.54, 1.807) is 11.0 Å². The Morgan fingerprint density at radius 3 is 2.75 bits per heavy atom. The minimum atomic E-state index is -0.792. The number of hydrogen-bond donors (Lipinski definition) is 1. The lowest BCUT2D eigenvalue weighted by Gasteiger charge is -2.27. The van der Waals surface area contributed by atoms with Gasteiger partial charge in [0.05, 0.1) is 0 Å². The van der Waals surface area contributed by atoms with Crippen LogP contribution in [-0.4, -0.2) is 51.3 Å². The van der Waals surface area contributed by atoms with Crippen molar-refractivity contribution >= 4 is 16.7 Å². The predicted molar refractivity (Wildman–Crippen MR) is 78.9 cm³/mol. The van der Waals surface area contributed by atoms with Crippen molar-refractivity contribution < 1.29 is 14.1 Å². The lowest BCUT2D eigenvalue weighted by atomic mass is 10.0. The third-order valence-electron chi connectivity index (χ3n) is 3.24. The smallest absolute Gasteiger partial charge is 0.254 e. The molecule has 106 valence electrons. The van der Waals surface area contributed by atoms with Gasteiger partial charge in [0.25, 0.3) is 5.91 Å². The lowest BCUT2D eigenvalue weighted by Crippen LogP contribution is -2.42. The summed E-state index contributed by atoms with van der Waals surface area (Å²) >= 11 is 0. The normalized spacial score (nSPS) is 15.6. The lowest BCUT2D eigenvalue weighted by molar-refractivity contribution is 0.0770. The Bertz CT molecular complexity index is 591. The van der Waals surface area contributed by atoms with Gasteiger partial charge in [0.15, 0.2) is 0 Å². The van der Waals surface area contributed by atoms with Crippen molar-refractivity contribution in [3.8, 4) is 11.8 Å². The van der Waals surface area contributed by atoms with Crippen molar-refractivity contribution in [3.05, 3.63) is 34.9 Å². The van der Waals surface area contributed by atoms with Crippen molar-refractivity contribution in [1.29, 1.82) is 0 Å². The summed E-state index contributed by atoms with van der Waals surface area (Å²) in [6, 6.07) is 5.45. The largest absolute Gasteiger partial charge is 0.384 e. The topological polar surface area (TPSA) is 57.6 Å². The number of aryl methyl sites for hydroxylation is 1. The van der Waals surface area contributed by atoms with Gasteiger partial charge in [0, 0.05) is 46.5 Å². The quantitative estimate of drug-likeness (QED) is 0.769. The fourth-order valence-electron chi connectivity index (χ4n) is 2.08. The fraction of sp³-hybridized carbons (Fsp3) is 0.400. The number of nitrogens with zero attached hydrogens (tertiary/aromatic N) is 1. The first-order valence-electron chi connectivity index (χ1n) is 6.46. The summed E-state index contributed by atoms with van der Waals surface area (Å²) in [5, 5.41) is 8.71. The Kier molecular flexibility index (Phi) is 4.94. The van der Waals surface area contributed by atoms with Gasteiger partial charge < -0.3 is 10.0 Å². The maximum atomic E-state index is 12.5. The van der Waals surface area contributed by atoms with Crippen molar-refractivity contribution in [2.45, 2.75) is 6.92 Å². The minimum absolute atomic E-state index is 0.0353. The second kappa shape index (κ2) is 6.69. The van der Waals surface area contributed by atoms with Gasteiger partial charge in [0.2, 0.25) is 0 Å². The van der Waals surface area contributed by atoms with Crippen LogP contribution in [0.15, 0.2) is 18.2 Å². The van der Waals surface area contributed by atoms with Gasteiger partial charge in [-0.1, -0.05) is 17.9 Å². The highest BCUT2D eigenvalue weighted by Gasteiger charge is 2.22. The van der Waals surface area contributed by atoms with Crippen LogP contribution in [0.1, 0.15) is 21.5 Å². The summed E-state index contributed by atoms with van der Waals surface area (Å²) in [6.07, 6.45) is 0. The third kappa shape index (κ3) is 3.47. The number of carbonyl (C=O) groups is 1. The highest BCUT2D eigenvalue weighted by atomic mass is 32.2. The standard InChI is InChI=1S/C15H17NO3S/c1-12-4-5-13(3-2-8-17)11-14(12)15(18)16-6-9-20(19)10-7-16/h4-5,11,17H,6-10H2,1H3. The number of rotatable bonds is 1. The van der Waals surface area contributed by atoms with Gasteiger partial charge in [-0.3, -0.25) is 9.00 Å². The zero-order valence-electron chi connectivity index (χ0n) is 11.4. The molecule has 1 saturated heterocycles. The molecule has 1 N–H and O–H groups in total. The molecule has 0 radical (unpaired) electrons. The zero-order valence-corrected chi connectivity index (χ0v) is 12.2. The van der Waals surface area contributed by atoms with E-state index < -0.39 is 10.8 Å². The molecule has 0 atom stereocenters. The van der Waals surface area contributed by atoms with E-state index in [0.717, 1.165) is 5.56 Å². The van der Waals surface area contributed by atoms with Gasteiger partial charge in [-0.05, 0) is 24.6 Å². The summed E-state index contributed by atoms with van der Waals surface area (Å²) in [5.41, 5.74) is 2.24. The molecule has 0 spiro atoms. The molecule has 0 saturated carbocycles. The number of amides is 1. The molecule has 4 nitrogen and oxygen atoms in total. The Morgan fingerprint density at radius 2 is 2.10 bits per heavy atom. The zero-order chi connectivity index (χ0) is 14.5. The van der Waals surface area contributed by atoms with Gasteiger partial charge >= 0.3 is 0 Å². The second-order valence-corrected chi connectivity index (χ2v) is 6.33. The first kappa shape index (κ1) is 14.8. The second-order valence-electron chi connectivity index (χ2n) is 4.63. The van der Waals surface area contributed by atoms with Crippen LogP contribution in [0.3, 0.4) is 0 Å². The highest BCUT2D eigenvalue weighted by molar-refractivity contribution is 7.85. The van der Waals surface area contributed by atoms with Gasteiger partial charge in [-0.15, -0.1) is 0 Å². The molecule has 2 rings (SSSR count). The molecule has 1 heterocycles. The number of carbonyl (C=O) groups excluding carboxylic acids is 1. The van der Waals surface area contributed by atoms with E-state index in [1.807, 2.05) is 19.1 Å². The van der Waals surface area contributed by atoms with Crippen molar-refractivity contribution in [3.63, 3.8) is 0 Å². The van der Waals surface area contributed by atoms with E-state index in [4.69, 9.17) is 5.11 Å². The van der Waals surface area contributed by atoms with Gasteiger partial charge in [-0.2, -0.15) is 0 Å². The summed E-state index contributed by atoms with van der Waals surface area (Å²) in [5.74, 6) is 6.45. The Morgan fingerprint density at radius 1 is 1.40 bits per heavy atom. The van der Waals surface area contributed by atoms with Crippen LogP contribution in [0.5, 0.6) is 0 Å². The predicted octanol–water partition coefficient (Wildman–Crippen LogP) is 0.543. The maximum absolute atomic E-state index is 12.5. The Labute approximate surface area is 121 Å². The van der Waals surface area contributed by atoms with E-state index in [-0.39, 0.29) is 12.5 Å². The van der Waals surface area contributed by atoms with Crippen LogP contribution in [0.25, 0.3) is 0 Å². The number of aliphatic hydroxyl groups excluding tert-OH is 1. The Balaban J connectivity index is 2.22. The molecule has 0 bridgehead atoms. The fourth-order valence-corrected chi connectivity index (χ4v) is 3.14. The van der Waals surface area contributed by atoms with Gasteiger partial charge in [0.1, 0.15) is 6.61 Å². The van der Waals surface area contributed by atoms with Crippen LogP contribution in [0, 0.1) is 18.8 Å². The molecule has 0 aliphatic carbocycles. The molecule has 0 unspecified atom stereocenters. The number of aliphatic hydroxyl groups is 1. The van der Waals surface area contributed by atoms with E-state index in [0.29, 0.717) is 35.7 Å². The van der Waals surface area contributed by atoms with E-state index in [2.05, 4.69) is 11.8 Å². The minimum Gasteiger partial charge on any atom is -0.384 e. The van der Waals surface area contributed by atoms with E-state index >= 15 is 0 Å². The van der Waals surface area contributed by atoms with Crippen LogP contribution in [0.4, 0.5) is 0 Å². The monoisotopic (exact) mass is 291 g/mol. The van der Waals surface area contributed by atoms with Crippen LogP contribution < -0.4 is 0 Å². The molecule has 20 heavy (non-hydrogen) atoms. The van der Waals surface area contributed by atoms with Crippen LogP contribution in [0.2, 0.25) is 0 Å². The van der Waals surface area contributed by atoms with Crippen LogP contribution in [-0.2, 0) is 10.8 Å². The van der Waals surface area contributed by atoms with E-state index in [9.17, 15) is 9.00 Å². The molecule has 5 heteroatoms. The third-order valence-corrected chi connectivity index (χ3v) is 4.52. The summed E-state index contributed by atoms with van der Waals surface area (Å²) in [7, 11) is -0.792. The highest BCUT2D eigenvalue weighted by Crippen LogP contribution is 2.15. The first-order valence-corrected chi connectivity index (χ1v) is 7.95. The van der Waals surface area contributed by atoms with E-state index in [1.165, 1.54) is 0 Å². The molecule has 1 fully saturated rings. The molecule has 0 aromatic heterocycles. The summed E-state index contributed by atoms with van der Waals surface area (Å²) < 4.78 is 11.3. The molecular weight excluding hydrogens is 274 g/mol. The van der Waals surface area contributed by atoms with Crippen molar-refractivity contribution in [2.24, 2.45) is 0 Å². The molecule has 1 aromatic carbocycles. The molecule has 1 aliphatic rings. The molecular formula is C15H17NO3S. The maximum Gasteiger partial charge on any atom is 0.254 e.